The standard InChI is InChI=1S/C18H32O4/c1-4-5-8-12-15(17(19)20)16(18(21)22)13-10-7-6-9-11-14(2)3/h14H,4-13H2,1-3H3,(H,19,20)(H,21,22)/b16-15-. The van der Waals surface area contributed by atoms with Crippen LogP contribution in [0, 0.1) is 5.92 Å². The van der Waals surface area contributed by atoms with Gasteiger partial charge in [-0.3, -0.25) is 0 Å². The van der Waals surface area contributed by atoms with Crippen LogP contribution >= 0.6 is 0 Å². The number of hydrogen-bond acceptors (Lipinski definition) is 2. The molecule has 0 spiro atoms. The molecule has 0 aromatic rings. The van der Waals surface area contributed by atoms with Gasteiger partial charge in [0.15, 0.2) is 0 Å². The lowest BCUT2D eigenvalue weighted by atomic mass is 9.96. The third-order valence-electron chi connectivity index (χ3n) is 3.87. The number of unbranched alkanes of at least 4 members (excludes halogenated alkanes) is 5. The van der Waals surface area contributed by atoms with E-state index in [0.29, 0.717) is 18.8 Å². The largest absolute Gasteiger partial charge is 0.478 e. The maximum Gasteiger partial charge on any atom is 0.332 e. The molecule has 0 heterocycles. The fraction of sp³-hybridized carbons (Fsp3) is 0.778. The number of carbonyl (C=O) groups is 2. The average molecular weight is 312 g/mol. The second kappa shape index (κ2) is 12.2. The van der Waals surface area contributed by atoms with Crippen LogP contribution in [0.25, 0.3) is 0 Å². The lowest BCUT2D eigenvalue weighted by Crippen LogP contribution is -2.12. The van der Waals surface area contributed by atoms with E-state index in [9.17, 15) is 19.8 Å². The molecule has 0 rings (SSSR count). The molecule has 0 fully saturated rings. The van der Waals surface area contributed by atoms with E-state index in [1.165, 1.54) is 6.42 Å². The Morgan fingerprint density at radius 2 is 1.23 bits per heavy atom. The Morgan fingerprint density at radius 3 is 1.64 bits per heavy atom. The van der Waals surface area contributed by atoms with Crippen LogP contribution in [0.5, 0.6) is 0 Å². The summed E-state index contributed by atoms with van der Waals surface area (Å²) < 4.78 is 0. The third-order valence-corrected chi connectivity index (χ3v) is 3.87. The number of hydrogen-bond donors (Lipinski definition) is 2. The van der Waals surface area contributed by atoms with Gasteiger partial charge in [-0.1, -0.05) is 59.3 Å². The normalized spacial score (nSPS) is 12.4. The molecule has 0 aliphatic heterocycles. The highest BCUT2D eigenvalue weighted by Gasteiger charge is 2.19. The molecule has 0 aliphatic rings. The molecular formula is C18H32O4. The topological polar surface area (TPSA) is 74.6 Å². The molecule has 2 N–H and O–H groups in total. The van der Waals surface area contributed by atoms with Gasteiger partial charge in [0.2, 0.25) is 0 Å². The molecule has 0 saturated heterocycles. The van der Waals surface area contributed by atoms with Crippen molar-refractivity contribution in [2.24, 2.45) is 5.92 Å². The van der Waals surface area contributed by atoms with E-state index in [1.54, 1.807) is 0 Å². The summed E-state index contributed by atoms with van der Waals surface area (Å²) in [6, 6.07) is 0. The van der Waals surface area contributed by atoms with Crippen molar-refractivity contribution in [3.05, 3.63) is 11.1 Å². The fourth-order valence-electron chi connectivity index (χ4n) is 2.53. The Balaban J connectivity index is 4.48. The van der Waals surface area contributed by atoms with Crippen molar-refractivity contribution in [1.29, 1.82) is 0 Å². The van der Waals surface area contributed by atoms with E-state index in [-0.39, 0.29) is 11.1 Å². The van der Waals surface area contributed by atoms with E-state index in [0.717, 1.165) is 44.9 Å². The first-order valence-corrected chi connectivity index (χ1v) is 8.58. The zero-order valence-electron chi connectivity index (χ0n) is 14.4. The predicted octanol–water partition coefficient (Wildman–Crippen LogP) is 5.03. The van der Waals surface area contributed by atoms with Crippen LogP contribution in [0.4, 0.5) is 0 Å². The number of carboxylic acids is 2. The van der Waals surface area contributed by atoms with Gasteiger partial charge < -0.3 is 10.2 Å². The van der Waals surface area contributed by atoms with E-state index in [4.69, 9.17) is 0 Å². The van der Waals surface area contributed by atoms with Crippen molar-refractivity contribution in [3.63, 3.8) is 0 Å². The van der Waals surface area contributed by atoms with Crippen LogP contribution < -0.4 is 0 Å². The molecule has 0 aliphatic carbocycles. The van der Waals surface area contributed by atoms with Crippen LogP contribution in [0.15, 0.2) is 11.1 Å². The molecule has 0 aromatic heterocycles. The van der Waals surface area contributed by atoms with E-state index in [1.807, 2.05) is 6.92 Å². The van der Waals surface area contributed by atoms with Gasteiger partial charge in [0, 0.05) is 11.1 Å². The summed E-state index contributed by atoms with van der Waals surface area (Å²) in [5.74, 6) is -1.45. The van der Waals surface area contributed by atoms with Crippen molar-refractivity contribution in [1.82, 2.24) is 0 Å². The quantitative estimate of drug-likeness (QED) is 0.369. The minimum atomic E-state index is -1.08. The van der Waals surface area contributed by atoms with Gasteiger partial charge in [-0.15, -0.1) is 0 Å². The zero-order valence-corrected chi connectivity index (χ0v) is 14.4. The van der Waals surface area contributed by atoms with Crippen LogP contribution in [-0.4, -0.2) is 22.2 Å². The minimum Gasteiger partial charge on any atom is -0.478 e. The van der Waals surface area contributed by atoms with Crippen molar-refractivity contribution >= 4 is 11.9 Å². The molecule has 128 valence electrons. The maximum absolute atomic E-state index is 11.4. The highest BCUT2D eigenvalue weighted by atomic mass is 16.4. The SMILES string of the molecule is CCCCC/C(C(=O)O)=C(\CCCCCCC(C)C)C(=O)O. The summed E-state index contributed by atoms with van der Waals surface area (Å²) in [6.45, 7) is 6.43. The molecule has 0 atom stereocenters. The number of rotatable bonds is 13. The van der Waals surface area contributed by atoms with Crippen LogP contribution in [0.1, 0.15) is 85.0 Å². The van der Waals surface area contributed by atoms with Gasteiger partial charge in [-0.25, -0.2) is 9.59 Å². The van der Waals surface area contributed by atoms with Gasteiger partial charge >= 0.3 is 11.9 Å². The number of aliphatic carboxylic acids is 2. The van der Waals surface area contributed by atoms with E-state index >= 15 is 0 Å². The summed E-state index contributed by atoms with van der Waals surface area (Å²) in [7, 11) is 0. The molecule has 0 saturated carbocycles. The summed E-state index contributed by atoms with van der Waals surface area (Å²) in [5, 5.41) is 18.6. The lowest BCUT2D eigenvalue weighted by molar-refractivity contribution is -0.136. The Bertz CT molecular complexity index is 369. The second-order valence-electron chi connectivity index (χ2n) is 6.37. The van der Waals surface area contributed by atoms with Crippen molar-refractivity contribution in [2.45, 2.75) is 85.0 Å². The fourth-order valence-corrected chi connectivity index (χ4v) is 2.53. The smallest absolute Gasteiger partial charge is 0.332 e. The van der Waals surface area contributed by atoms with Crippen molar-refractivity contribution < 1.29 is 19.8 Å². The Labute approximate surface area is 134 Å². The molecule has 0 amide bonds. The van der Waals surface area contributed by atoms with E-state index < -0.39 is 11.9 Å². The molecular weight excluding hydrogens is 280 g/mol. The highest BCUT2D eigenvalue weighted by molar-refractivity contribution is 5.98. The van der Waals surface area contributed by atoms with Gasteiger partial charge in [-0.05, 0) is 31.6 Å². The maximum atomic E-state index is 11.4. The lowest BCUT2D eigenvalue weighted by Gasteiger charge is -2.09. The number of carboxylic acid groups (broad SMARTS) is 2. The van der Waals surface area contributed by atoms with Crippen LogP contribution in [0.2, 0.25) is 0 Å². The Hall–Kier alpha value is -1.32. The zero-order chi connectivity index (χ0) is 17.0. The summed E-state index contributed by atoms with van der Waals surface area (Å²) in [5.41, 5.74) is 0.204. The first-order chi connectivity index (χ1) is 10.4. The molecule has 4 heteroatoms. The minimum absolute atomic E-state index is 0.100. The molecule has 22 heavy (non-hydrogen) atoms. The second-order valence-corrected chi connectivity index (χ2v) is 6.37. The summed E-state index contributed by atoms with van der Waals surface area (Å²) >= 11 is 0. The molecule has 0 unspecified atom stereocenters. The van der Waals surface area contributed by atoms with Gasteiger partial charge in [0.1, 0.15) is 0 Å². The van der Waals surface area contributed by atoms with Crippen LogP contribution in [-0.2, 0) is 9.59 Å². The van der Waals surface area contributed by atoms with Crippen molar-refractivity contribution in [2.75, 3.05) is 0 Å². The molecule has 0 radical (unpaired) electrons. The van der Waals surface area contributed by atoms with E-state index in [2.05, 4.69) is 13.8 Å². The van der Waals surface area contributed by atoms with Crippen molar-refractivity contribution in [3.8, 4) is 0 Å². The molecule has 4 nitrogen and oxygen atoms in total. The Kier molecular flexibility index (Phi) is 11.5. The van der Waals surface area contributed by atoms with Gasteiger partial charge in [-0.2, -0.15) is 0 Å². The van der Waals surface area contributed by atoms with Gasteiger partial charge in [0.25, 0.3) is 0 Å². The van der Waals surface area contributed by atoms with Gasteiger partial charge in [0.05, 0.1) is 0 Å². The third kappa shape index (κ3) is 9.59. The summed E-state index contributed by atoms with van der Waals surface area (Å²) in [4.78, 5) is 22.7. The summed E-state index contributed by atoms with van der Waals surface area (Å²) in [6.07, 6.45) is 8.54. The van der Waals surface area contributed by atoms with Crippen LogP contribution in [0.3, 0.4) is 0 Å². The first-order valence-electron chi connectivity index (χ1n) is 8.58. The molecule has 0 aromatic carbocycles. The predicted molar refractivity (Wildman–Crippen MR) is 89.0 cm³/mol. The highest BCUT2D eigenvalue weighted by Crippen LogP contribution is 2.20. The average Bonchev–Trinajstić information content (AvgIpc) is 2.43. The molecule has 0 bridgehead atoms. The first kappa shape index (κ1) is 20.7. The monoisotopic (exact) mass is 312 g/mol. The Morgan fingerprint density at radius 1 is 0.773 bits per heavy atom.